The van der Waals surface area contributed by atoms with E-state index in [9.17, 15) is 22.4 Å². The third kappa shape index (κ3) is 9.33. The number of amides is 2. The van der Waals surface area contributed by atoms with Crippen LogP contribution >= 0.6 is 11.6 Å². The fourth-order valence-electron chi connectivity index (χ4n) is 5.00. The summed E-state index contributed by atoms with van der Waals surface area (Å²) in [5.74, 6) is -1.38. The smallest absolute Gasteiger partial charge is 0.264 e. The molecule has 0 fully saturated rings. The zero-order chi connectivity index (χ0) is 34.4. The van der Waals surface area contributed by atoms with Gasteiger partial charge in [0, 0.05) is 23.5 Å². The van der Waals surface area contributed by atoms with E-state index in [0.29, 0.717) is 5.56 Å². The molecule has 0 spiro atoms. The number of halogens is 2. The Morgan fingerprint density at radius 1 is 0.915 bits per heavy atom. The molecule has 2 amide bonds. The summed E-state index contributed by atoms with van der Waals surface area (Å²) in [7, 11) is -2.98. The van der Waals surface area contributed by atoms with Crippen molar-refractivity contribution in [2.45, 2.75) is 57.1 Å². The molecule has 0 aliphatic rings. The molecule has 0 aliphatic carbocycles. The number of nitrogens with one attached hydrogen (secondary N) is 1. The molecule has 1 atom stereocenters. The van der Waals surface area contributed by atoms with Gasteiger partial charge in [-0.1, -0.05) is 71.8 Å². The van der Waals surface area contributed by atoms with E-state index < -0.39 is 45.8 Å². The fraction of sp³-hybridized carbons (Fsp3) is 0.278. The van der Waals surface area contributed by atoms with Crippen LogP contribution in [0.2, 0.25) is 5.02 Å². The monoisotopic (exact) mass is 679 g/mol. The maximum Gasteiger partial charge on any atom is 0.264 e. The summed E-state index contributed by atoms with van der Waals surface area (Å²) in [4.78, 5) is 29.9. The molecule has 248 valence electrons. The molecule has 4 aromatic carbocycles. The first-order valence-electron chi connectivity index (χ1n) is 15.0. The van der Waals surface area contributed by atoms with E-state index in [2.05, 4.69) is 5.32 Å². The van der Waals surface area contributed by atoms with Gasteiger partial charge in [-0.25, -0.2) is 12.8 Å². The number of benzene rings is 4. The number of carbonyl (C=O) groups is 2. The Morgan fingerprint density at radius 2 is 1.55 bits per heavy atom. The lowest BCUT2D eigenvalue weighted by atomic mass is 10.0. The predicted octanol–water partition coefficient (Wildman–Crippen LogP) is 6.55. The summed E-state index contributed by atoms with van der Waals surface area (Å²) < 4.78 is 48.9. The summed E-state index contributed by atoms with van der Waals surface area (Å²) in [6.07, 6.45) is 0.140. The standard InChI is InChI=1S/C36H39ClFN3O5S/c1-25-11-18-30(19-12-25)47(44,45)41(31-22-28(37)15-20-33(31)46-5)24-34(42)40(23-27-13-16-29(38)17-14-27)32(35(43)39-36(2,3)4)21-26-9-7-6-8-10-26/h6-20,22,32H,21,23-24H2,1-5H3,(H,39,43). The predicted molar refractivity (Wildman–Crippen MR) is 182 cm³/mol. The van der Waals surface area contributed by atoms with Crippen LogP contribution in [-0.2, 0) is 32.6 Å². The number of hydrogen-bond acceptors (Lipinski definition) is 5. The zero-order valence-corrected chi connectivity index (χ0v) is 28.6. The SMILES string of the molecule is COc1ccc(Cl)cc1N(CC(=O)N(Cc1ccc(F)cc1)C(Cc1ccccc1)C(=O)NC(C)(C)C)S(=O)(=O)c1ccc(C)cc1. The molecular formula is C36H39ClFN3O5S. The Morgan fingerprint density at radius 3 is 2.15 bits per heavy atom. The highest BCUT2D eigenvalue weighted by atomic mass is 35.5. The molecule has 0 radical (unpaired) electrons. The summed E-state index contributed by atoms with van der Waals surface area (Å²) in [5.41, 5.74) is 1.61. The van der Waals surface area contributed by atoms with Gasteiger partial charge in [0.1, 0.15) is 24.2 Å². The quantitative estimate of drug-likeness (QED) is 0.183. The third-order valence-electron chi connectivity index (χ3n) is 7.33. The normalized spacial score (nSPS) is 12.2. The Bertz CT molecular complexity index is 1800. The van der Waals surface area contributed by atoms with Gasteiger partial charge in [0.15, 0.2) is 0 Å². The van der Waals surface area contributed by atoms with Gasteiger partial charge >= 0.3 is 0 Å². The molecule has 0 aliphatic heterocycles. The molecule has 4 rings (SSSR count). The first kappa shape index (κ1) is 35.4. The van der Waals surface area contributed by atoms with Gasteiger partial charge in [-0.05, 0) is 81.3 Å². The Hall–Kier alpha value is -4.41. The second kappa shape index (κ2) is 15.0. The summed E-state index contributed by atoms with van der Waals surface area (Å²) in [6, 6.07) is 24.5. The number of rotatable bonds is 12. The topological polar surface area (TPSA) is 96.0 Å². The Balaban J connectivity index is 1.86. The average Bonchev–Trinajstić information content (AvgIpc) is 3.02. The molecule has 0 saturated carbocycles. The molecular weight excluding hydrogens is 641 g/mol. The van der Waals surface area contributed by atoms with E-state index in [0.717, 1.165) is 15.4 Å². The minimum Gasteiger partial charge on any atom is -0.495 e. The lowest BCUT2D eigenvalue weighted by Gasteiger charge is -2.35. The molecule has 11 heteroatoms. The van der Waals surface area contributed by atoms with Crippen LogP contribution in [0.15, 0.2) is 102 Å². The van der Waals surface area contributed by atoms with Gasteiger partial charge in [-0.3, -0.25) is 13.9 Å². The Labute approximate surface area is 281 Å². The highest BCUT2D eigenvalue weighted by Crippen LogP contribution is 2.35. The van der Waals surface area contributed by atoms with Crippen LogP contribution in [0.5, 0.6) is 5.75 Å². The Kier molecular flexibility index (Phi) is 11.3. The molecule has 0 aromatic heterocycles. The van der Waals surface area contributed by atoms with Gasteiger partial charge in [0.25, 0.3) is 10.0 Å². The molecule has 0 saturated heterocycles. The first-order valence-corrected chi connectivity index (χ1v) is 16.8. The van der Waals surface area contributed by atoms with Gasteiger partial charge in [-0.2, -0.15) is 0 Å². The molecule has 8 nitrogen and oxygen atoms in total. The minimum absolute atomic E-state index is 0.0469. The van der Waals surface area contributed by atoms with Crippen molar-refractivity contribution in [1.29, 1.82) is 0 Å². The fourth-order valence-corrected chi connectivity index (χ4v) is 6.59. The highest BCUT2D eigenvalue weighted by Gasteiger charge is 2.36. The molecule has 1 unspecified atom stereocenters. The van der Waals surface area contributed by atoms with Gasteiger partial charge in [0.05, 0.1) is 17.7 Å². The van der Waals surface area contributed by atoms with Gasteiger partial charge in [0.2, 0.25) is 11.8 Å². The largest absolute Gasteiger partial charge is 0.495 e. The van der Waals surface area contributed by atoms with Crippen molar-refractivity contribution in [3.8, 4) is 5.75 Å². The van der Waals surface area contributed by atoms with Crippen molar-refractivity contribution >= 4 is 39.1 Å². The van der Waals surface area contributed by atoms with Crippen LogP contribution in [0.1, 0.15) is 37.5 Å². The van der Waals surface area contributed by atoms with Crippen LogP contribution in [0.25, 0.3) is 0 Å². The van der Waals surface area contributed by atoms with E-state index in [-0.39, 0.29) is 34.3 Å². The summed E-state index contributed by atoms with van der Waals surface area (Å²) in [6.45, 7) is 6.54. The van der Waals surface area contributed by atoms with E-state index in [1.54, 1.807) is 18.2 Å². The third-order valence-corrected chi connectivity index (χ3v) is 9.34. The molecule has 1 N–H and O–H groups in total. The number of ether oxygens (including phenoxy) is 1. The van der Waals surface area contributed by atoms with Crippen molar-refractivity contribution in [2.24, 2.45) is 0 Å². The van der Waals surface area contributed by atoms with Crippen molar-refractivity contribution in [2.75, 3.05) is 18.0 Å². The number of anilines is 1. The lowest BCUT2D eigenvalue weighted by Crippen LogP contribution is -2.56. The summed E-state index contributed by atoms with van der Waals surface area (Å²) in [5, 5.41) is 3.21. The summed E-state index contributed by atoms with van der Waals surface area (Å²) >= 11 is 6.34. The van der Waals surface area contributed by atoms with Crippen LogP contribution in [0.4, 0.5) is 10.1 Å². The molecule has 0 heterocycles. The van der Waals surface area contributed by atoms with Crippen LogP contribution in [0, 0.1) is 12.7 Å². The van der Waals surface area contributed by atoms with E-state index in [4.69, 9.17) is 16.3 Å². The molecule has 4 aromatic rings. The number of nitrogens with zero attached hydrogens (tertiary/aromatic N) is 2. The number of sulfonamides is 1. The second-order valence-electron chi connectivity index (χ2n) is 12.2. The van der Waals surface area contributed by atoms with E-state index in [1.807, 2.05) is 58.0 Å². The van der Waals surface area contributed by atoms with Crippen molar-refractivity contribution in [1.82, 2.24) is 10.2 Å². The number of methoxy groups -OCH3 is 1. The number of carbonyl (C=O) groups excluding carboxylic acids is 2. The van der Waals surface area contributed by atoms with Crippen molar-refractivity contribution in [3.63, 3.8) is 0 Å². The van der Waals surface area contributed by atoms with Crippen molar-refractivity contribution < 1.29 is 27.1 Å². The molecule has 47 heavy (non-hydrogen) atoms. The minimum atomic E-state index is -4.36. The number of aryl methyl sites for hydroxylation is 1. The maximum absolute atomic E-state index is 14.6. The zero-order valence-electron chi connectivity index (χ0n) is 27.0. The van der Waals surface area contributed by atoms with Gasteiger partial charge < -0.3 is 15.0 Å². The first-order chi connectivity index (χ1) is 22.2. The average molecular weight is 680 g/mol. The lowest BCUT2D eigenvalue weighted by molar-refractivity contribution is -0.140. The van der Waals surface area contributed by atoms with E-state index >= 15 is 0 Å². The van der Waals surface area contributed by atoms with Crippen molar-refractivity contribution in [3.05, 3.63) is 125 Å². The maximum atomic E-state index is 14.6. The van der Waals surface area contributed by atoms with Gasteiger partial charge in [-0.15, -0.1) is 0 Å². The highest BCUT2D eigenvalue weighted by molar-refractivity contribution is 7.92. The van der Waals surface area contributed by atoms with E-state index in [1.165, 1.54) is 60.5 Å². The number of hydrogen-bond donors (Lipinski definition) is 1. The molecule has 0 bridgehead atoms. The van der Waals surface area contributed by atoms with Crippen LogP contribution in [-0.4, -0.2) is 50.4 Å². The van der Waals surface area contributed by atoms with Crippen LogP contribution < -0.4 is 14.4 Å². The second-order valence-corrected chi connectivity index (χ2v) is 14.5. The van der Waals surface area contributed by atoms with Crippen LogP contribution in [0.3, 0.4) is 0 Å².